The van der Waals surface area contributed by atoms with Crippen molar-refractivity contribution in [3.05, 3.63) is 89.2 Å². The number of aromatic nitrogens is 1. The summed E-state index contributed by atoms with van der Waals surface area (Å²) < 4.78 is 6.58. The Kier molecular flexibility index (Phi) is 8.01. The van der Waals surface area contributed by atoms with Gasteiger partial charge in [0.15, 0.2) is 0 Å². The van der Waals surface area contributed by atoms with Gasteiger partial charge in [0.1, 0.15) is 12.4 Å². The fourth-order valence-electron chi connectivity index (χ4n) is 2.14. The van der Waals surface area contributed by atoms with Crippen molar-refractivity contribution in [2.24, 2.45) is 0 Å². The topological polar surface area (TPSA) is 75.0 Å². The van der Waals surface area contributed by atoms with E-state index in [1.807, 2.05) is 0 Å². The minimum Gasteiger partial charge on any atom is -0.488 e. The van der Waals surface area contributed by atoms with E-state index in [2.05, 4.69) is 38.9 Å². The van der Waals surface area contributed by atoms with Crippen molar-refractivity contribution in [2.45, 2.75) is 6.42 Å². The van der Waals surface area contributed by atoms with E-state index in [0.29, 0.717) is 17.0 Å². The van der Waals surface area contributed by atoms with E-state index in [4.69, 9.17) is 10.00 Å². The summed E-state index contributed by atoms with van der Waals surface area (Å²) in [4.78, 5) is 16.6. The first kappa shape index (κ1) is 20.1. The normalized spacial score (nSPS) is 11.0. The lowest BCUT2D eigenvalue weighted by molar-refractivity contribution is 0.102. The van der Waals surface area contributed by atoms with E-state index in [-0.39, 0.29) is 18.9 Å². The smallest absolute Gasteiger partial charge is 0.259 e. The number of hydrogen-bond acceptors (Lipinski definition) is 4. The van der Waals surface area contributed by atoms with E-state index >= 15 is 0 Å². The van der Waals surface area contributed by atoms with Crippen molar-refractivity contribution in [3.8, 4) is 11.8 Å². The number of amides is 1. The van der Waals surface area contributed by atoms with E-state index in [9.17, 15) is 4.79 Å². The average molecular weight is 424 g/mol. The molecule has 0 spiro atoms. The number of halogens is 1. The zero-order chi connectivity index (χ0) is 19.5. The highest BCUT2D eigenvalue weighted by atomic mass is 79.9. The number of benzene rings is 1. The van der Waals surface area contributed by atoms with Gasteiger partial charge in [-0.3, -0.25) is 9.78 Å². The van der Waals surface area contributed by atoms with E-state index in [1.165, 1.54) is 0 Å². The number of pyridine rings is 1. The van der Waals surface area contributed by atoms with Crippen LogP contribution in [0.5, 0.6) is 5.75 Å². The van der Waals surface area contributed by atoms with Crippen LogP contribution in [0.15, 0.2) is 83.7 Å². The standard InChI is InChI=1S/C21H18BrN3O2/c1-2-3-4-6-16(10-11-23)15-27-20-9-8-17(22)13-19(20)21(26)25-18-7-5-12-24-14-18/h2-9,12-14H,1,10,15H2,(H,25,26)/b4-3-,16-6+. The van der Waals surface area contributed by atoms with E-state index in [1.54, 1.807) is 67.0 Å². The zero-order valence-corrected chi connectivity index (χ0v) is 16.1. The van der Waals surface area contributed by atoms with Crippen LogP contribution in [0.1, 0.15) is 16.8 Å². The molecule has 0 aliphatic rings. The third-order valence-electron chi connectivity index (χ3n) is 3.40. The molecule has 0 saturated carbocycles. The number of nitrogens with zero attached hydrogens (tertiary/aromatic N) is 2. The maximum Gasteiger partial charge on any atom is 0.259 e. The molecular weight excluding hydrogens is 406 g/mol. The number of nitrogens with one attached hydrogen (secondary N) is 1. The maximum absolute atomic E-state index is 12.6. The predicted octanol–water partition coefficient (Wildman–Crippen LogP) is 5.06. The van der Waals surface area contributed by atoms with Crippen LogP contribution >= 0.6 is 15.9 Å². The van der Waals surface area contributed by atoms with Crippen molar-refractivity contribution in [1.29, 1.82) is 5.26 Å². The number of rotatable bonds is 8. The number of anilines is 1. The van der Waals surface area contributed by atoms with Gasteiger partial charge in [-0.15, -0.1) is 0 Å². The van der Waals surface area contributed by atoms with Gasteiger partial charge in [0, 0.05) is 10.7 Å². The minimum absolute atomic E-state index is 0.198. The van der Waals surface area contributed by atoms with Crippen LogP contribution < -0.4 is 10.1 Å². The van der Waals surface area contributed by atoms with Crippen LogP contribution in [0, 0.1) is 11.3 Å². The summed E-state index contributed by atoms with van der Waals surface area (Å²) in [6.07, 6.45) is 10.4. The van der Waals surface area contributed by atoms with Crippen LogP contribution in [0.4, 0.5) is 5.69 Å². The molecule has 0 aliphatic carbocycles. The van der Waals surface area contributed by atoms with Crippen molar-refractivity contribution in [2.75, 3.05) is 11.9 Å². The molecule has 5 nitrogen and oxygen atoms in total. The molecule has 1 heterocycles. The summed E-state index contributed by atoms with van der Waals surface area (Å²) in [5, 5.41) is 11.8. The van der Waals surface area contributed by atoms with Gasteiger partial charge in [0.2, 0.25) is 0 Å². The van der Waals surface area contributed by atoms with Gasteiger partial charge >= 0.3 is 0 Å². The van der Waals surface area contributed by atoms with Crippen LogP contribution in [-0.2, 0) is 0 Å². The first-order chi connectivity index (χ1) is 13.1. The van der Waals surface area contributed by atoms with Crippen LogP contribution in [-0.4, -0.2) is 17.5 Å². The second-order valence-corrected chi connectivity index (χ2v) is 6.32. The third-order valence-corrected chi connectivity index (χ3v) is 3.90. The first-order valence-corrected chi connectivity index (χ1v) is 8.91. The maximum atomic E-state index is 12.6. The minimum atomic E-state index is -0.309. The lowest BCUT2D eigenvalue weighted by Gasteiger charge is -2.13. The quantitative estimate of drug-likeness (QED) is 0.602. The highest BCUT2D eigenvalue weighted by molar-refractivity contribution is 9.10. The molecule has 0 radical (unpaired) electrons. The van der Waals surface area contributed by atoms with Gasteiger partial charge in [-0.2, -0.15) is 5.26 Å². The molecule has 6 heteroatoms. The van der Waals surface area contributed by atoms with Gasteiger partial charge in [-0.1, -0.05) is 46.8 Å². The molecule has 27 heavy (non-hydrogen) atoms. The molecule has 1 N–H and O–H groups in total. The number of nitriles is 1. The summed E-state index contributed by atoms with van der Waals surface area (Å²) in [7, 11) is 0. The second-order valence-electron chi connectivity index (χ2n) is 5.41. The van der Waals surface area contributed by atoms with Crippen LogP contribution in [0.25, 0.3) is 0 Å². The molecule has 0 aliphatic heterocycles. The molecule has 0 atom stereocenters. The summed E-state index contributed by atoms with van der Waals surface area (Å²) >= 11 is 3.38. The van der Waals surface area contributed by atoms with Gasteiger partial charge in [0.25, 0.3) is 5.91 Å². The predicted molar refractivity (Wildman–Crippen MR) is 109 cm³/mol. The van der Waals surface area contributed by atoms with Crippen LogP contribution in [0.2, 0.25) is 0 Å². The lowest BCUT2D eigenvalue weighted by Crippen LogP contribution is -2.14. The molecule has 0 fully saturated rings. The average Bonchev–Trinajstić information content (AvgIpc) is 2.67. The SMILES string of the molecule is C=C/C=C\C=C(/CC#N)COc1ccc(Br)cc1C(=O)Nc1cccnc1. The molecule has 1 aromatic carbocycles. The Morgan fingerprint density at radius 3 is 2.93 bits per heavy atom. The van der Waals surface area contributed by atoms with Crippen LogP contribution in [0.3, 0.4) is 0 Å². The Bertz CT molecular complexity index is 899. The largest absolute Gasteiger partial charge is 0.488 e. The Morgan fingerprint density at radius 2 is 2.22 bits per heavy atom. The summed E-state index contributed by atoms with van der Waals surface area (Å²) in [5.74, 6) is 0.118. The molecule has 0 bridgehead atoms. The Morgan fingerprint density at radius 1 is 1.37 bits per heavy atom. The van der Waals surface area contributed by atoms with Gasteiger partial charge in [-0.05, 0) is 35.9 Å². The lowest BCUT2D eigenvalue weighted by atomic mass is 10.1. The van der Waals surface area contributed by atoms with Gasteiger partial charge < -0.3 is 10.1 Å². The first-order valence-electron chi connectivity index (χ1n) is 8.12. The third kappa shape index (κ3) is 6.57. The summed E-state index contributed by atoms with van der Waals surface area (Å²) in [6, 6.07) is 10.8. The van der Waals surface area contributed by atoms with Crippen molar-refractivity contribution in [1.82, 2.24) is 4.98 Å². The Labute approximate surface area is 166 Å². The summed E-state index contributed by atoms with van der Waals surface area (Å²) in [5.41, 5.74) is 1.76. The molecule has 0 saturated heterocycles. The molecule has 2 aromatic rings. The fraction of sp³-hybridized carbons (Fsp3) is 0.0952. The number of allylic oxidation sites excluding steroid dienone is 4. The Hall–Kier alpha value is -3.17. The fourth-order valence-corrected chi connectivity index (χ4v) is 2.50. The van der Waals surface area contributed by atoms with Gasteiger partial charge in [0.05, 0.1) is 29.9 Å². The number of carbonyl (C=O) groups excluding carboxylic acids is 1. The number of ether oxygens (including phenoxy) is 1. The summed E-state index contributed by atoms with van der Waals surface area (Å²) in [6.45, 7) is 3.80. The number of hydrogen-bond donors (Lipinski definition) is 1. The zero-order valence-electron chi connectivity index (χ0n) is 14.6. The molecule has 1 amide bonds. The highest BCUT2D eigenvalue weighted by Crippen LogP contribution is 2.25. The molecular formula is C21H18BrN3O2. The Balaban J connectivity index is 2.18. The van der Waals surface area contributed by atoms with E-state index < -0.39 is 0 Å². The highest BCUT2D eigenvalue weighted by Gasteiger charge is 2.14. The monoisotopic (exact) mass is 423 g/mol. The van der Waals surface area contributed by atoms with Crippen molar-refractivity contribution in [3.63, 3.8) is 0 Å². The second kappa shape index (κ2) is 10.7. The number of carbonyl (C=O) groups is 1. The van der Waals surface area contributed by atoms with Crippen molar-refractivity contribution >= 4 is 27.5 Å². The van der Waals surface area contributed by atoms with Gasteiger partial charge in [-0.25, -0.2) is 0 Å². The molecule has 1 aromatic heterocycles. The van der Waals surface area contributed by atoms with E-state index in [0.717, 1.165) is 10.0 Å². The molecule has 0 unspecified atom stereocenters. The van der Waals surface area contributed by atoms with Crippen molar-refractivity contribution < 1.29 is 9.53 Å². The molecule has 2 rings (SSSR count). The molecule has 136 valence electrons.